The van der Waals surface area contributed by atoms with Crippen molar-refractivity contribution < 1.29 is 250 Å². The van der Waals surface area contributed by atoms with Crippen LogP contribution in [0.1, 0.15) is 70.6 Å². The Morgan fingerprint density at radius 3 is 0.784 bits per heavy atom. The van der Waals surface area contributed by atoms with Crippen LogP contribution in [0, 0.1) is 0 Å². The molecule has 27 N–H and O–H groups in total. The van der Waals surface area contributed by atoms with Crippen LogP contribution in [0.3, 0.4) is 0 Å². The summed E-state index contributed by atoms with van der Waals surface area (Å²) in [6, 6.07) is -17.1. The molecule has 7 amide bonds. The molecule has 728 valence electrons. The van der Waals surface area contributed by atoms with Crippen molar-refractivity contribution in [2.24, 2.45) is 0 Å². The molecular weight excluding hydrogens is 1880 g/mol. The average Bonchev–Trinajstić information content (AvgIpc) is 0.763. The van der Waals surface area contributed by atoms with Crippen molar-refractivity contribution in [1.82, 2.24) is 57.5 Å². The molecule has 0 radical (unpaired) electrons. The summed E-state index contributed by atoms with van der Waals surface area (Å²) in [5.74, 6) is -3.94. The van der Waals surface area contributed by atoms with Gasteiger partial charge >= 0.3 is 111 Å². The fraction of sp³-hybridized carbons (Fsp3) is 0.778. The maximum Gasteiger partial charge on any atom is 0.407 e. The number of hydrogen-bond acceptors (Lipinski definition) is 40. The monoisotopic (exact) mass is 1990 g/mol. The first-order valence-electron chi connectivity index (χ1n) is 35.5. The number of alkyl carbamates (subject to hydrolysis) is 4. The molecule has 0 saturated heterocycles. The smallest absolute Gasteiger partial charge is 0.407 e. The van der Waals surface area contributed by atoms with E-state index in [-0.39, 0.29) is 92.3 Å². The zero-order chi connectivity index (χ0) is 96.5. The van der Waals surface area contributed by atoms with Gasteiger partial charge in [-0.1, -0.05) is 0 Å². The van der Waals surface area contributed by atoms with E-state index in [0.717, 1.165) is 6.29 Å². The van der Waals surface area contributed by atoms with Gasteiger partial charge in [-0.2, -0.15) is 0 Å². The van der Waals surface area contributed by atoms with Crippen molar-refractivity contribution in [2.45, 2.75) is 133 Å². The number of nitrogens with one attached hydrogen (secondary N) is 7. The highest BCUT2D eigenvalue weighted by atomic mass is 31.3. The zero-order valence-electron chi connectivity index (χ0n) is 66.4. The summed E-state index contributed by atoms with van der Waals surface area (Å²) in [6.07, 6.45) is -9.31. The second-order valence-corrected chi connectivity index (χ2v) is 41.3. The molecule has 0 heterocycles. The summed E-state index contributed by atoms with van der Waals surface area (Å²) in [4.78, 5) is 327. The average molecular weight is 1990 g/mol. The van der Waals surface area contributed by atoms with Gasteiger partial charge in [-0.3, -0.25) is 70.1 Å². The normalized spacial score (nSPS) is 14.7. The first kappa shape index (κ1) is 119. The molecule has 0 fully saturated rings. The summed E-state index contributed by atoms with van der Waals surface area (Å²) in [5, 5.41) is 40.5. The van der Waals surface area contributed by atoms with Gasteiger partial charge in [0.15, 0.2) is 0 Å². The van der Waals surface area contributed by atoms with E-state index in [2.05, 4.69) is 45.9 Å². The number of amides is 7. The highest BCUT2D eigenvalue weighted by molar-refractivity contribution is 7.73. The van der Waals surface area contributed by atoms with Gasteiger partial charge < -0.3 is 198 Å². The predicted octanol–water partition coefficient (Wildman–Crippen LogP) is -8.54. The Balaban J connectivity index is 7.97. The first-order valence-corrected chi connectivity index (χ1v) is 48.4. The lowest BCUT2D eigenvalue weighted by Crippen LogP contribution is -2.57. The SMILES string of the molecule is CN(OC=O)C(COC(=O)NCCCCC(NC(=O)OCC(N(C)OC=O)C(O)(P(=O)(O)O)P(=O)(O)O)C(=O)NC(CCCCNC(=O)OCC(N(C)OC=O)C(O)(P(=O)(O)O)P(=O)(O)O)C(=O)NC(CCCCNC(=O)OCC(N(C)OC=O)C(O)(P(=O)(O)O)P(=O)(O)O)C(=O)NCCOCCOCCOCCOCCCC=O)C(O)(P(=O)(O)O)P(=O)(O)O. The molecule has 0 aromatic heterocycles. The fourth-order valence-electron chi connectivity index (χ4n) is 10.3. The molecule has 7 unspecified atom stereocenters. The van der Waals surface area contributed by atoms with Crippen molar-refractivity contribution in [2.75, 3.05) is 134 Å². The molecule has 63 nitrogen and oxygen atoms in total. The van der Waals surface area contributed by atoms with Gasteiger partial charge in [0.25, 0.3) is 20.3 Å². The third kappa shape index (κ3) is 38.0. The van der Waals surface area contributed by atoms with Crippen LogP contribution in [0.4, 0.5) is 19.2 Å². The highest BCUT2D eigenvalue weighted by Crippen LogP contribution is 2.72. The first-order chi connectivity index (χ1) is 57.6. The van der Waals surface area contributed by atoms with E-state index in [1.54, 1.807) is 0 Å². The summed E-state index contributed by atoms with van der Waals surface area (Å²) in [5.41, 5.74) is 0. The third-order valence-corrected chi connectivity index (χ3v) is 32.5. The van der Waals surface area contributed by atoms with E-state index in [4.69, 9.17) is 37.9 Å². The van der Waals surface area contributed by atoms with Gasteiger partial charge in [-0.25, -0.2) is 19.2 Å². The molecule has 0 spiro atoms. The highest BCUT2D eigenvalue weighted by Gasteiger charge is 2.70. The zero-order valence-corrected chi connectivity index (χ0v) is 73.6. The lowest BCUT2D eigenvalue weighted by atomic mass is 10.0. The van der Waals surface area contributed by atoms with E-state index < -0.39 is 276 Å². The van der Waals surface area contributed by atoms with Crippen molar-refractivity contribution in [3.63, 3.8) is 0 Å². The largest absolute Gasteiger partial charge is 0.448 e. The number of rotatable bonds is 69. The molecule has 0 aromatic carbocycles. The number of likely N-dealkylation sites (N-methyl/N-ethyl adjacent to an activating group) is 4. The molecule has 0 bridgehead atoms. The number of nitrogens with zero attached hydrogens (tertiary/aromatic N) is 4. The van der Waals surface area contributed by atoms with Crippen LogP contribution in [-0.2, 0) is 132 Å². The van der Waals surface area contributed by atoms with Crippen LogP contribution >= 0.6 is 60.8 Å². The second kappa shape index (κ2) is 55.1. The van der Waals surface area contributed by atoms with Gasteiger partial charge in [-0.05, 0) is 64.2 Å². The minimum Gasteiger partial charge on any atom is -0.448 e. The molecular formula is C54H105N11O52P8. The van der Waals surface area contributed by atoms with Crippen molar-refractivity contribution in [1.29, 1.82) is 0 Å². The number of carbonyl (C=O) groups is 12. The molecule has 0 aliphatic carbocycles. The Labute approximate surface area is 707 Å². The Bertz CT molecular complexity index is 3770. The van der Waals surface area contributed by atoms with E-state index in [1.165, 1.54) is 0 Å². The van der Waals surface area contributed by atoms with Gasteiger partial charge in [0.2, 0.25) is 17.7 Å². The Morgan fingerprint density at radius 1 is 0.304 bits per heavy atom. The lowest BCUT2D eigenvalue weighted by Gasteiger charge is -2.38. The van der Waals surface area contributed by atoms with E-state index in [0.29, 0.717) is 47.6 Å². The molecule has 0 saturated carbocycles. The van der Waals surface area contributed by atoms with Crippen molar-refractivity contribution >= 4 is 135 Å². The molecule has 0 aromatic rings. The molecule has 0 aliphatic heterocycles. The van der Waals surface area contributed by atoms with E-state index in [9.17, 15) is 193 Å². The number of aldehydes is 1. The fourth-order valence-corrected chi connectivity index (χ4v) is 20.8. The summed E-state index contributed by atoms with van der Waals surface area (Å²) < 4.78 is 140. The minimum absolute atomic E-state index is 0.00445. The van der Waals surface area contributed by atoms with Gasteiger partial charge in [0, 0.05) is 67.4 Å². The van der Waals surface area contributed by atoms with Crippen LogP contribution in [0.5, 0.6) is 0 Å². The van der Waals surface area contributed by atoms with Crippen LogP contribution in [-0.4, -0.2) is 390 Å². The number of ether oxygens (including phenoxy) is 8. The number of hydroxylamine groups is 8. The standard InChI is InChI=1S/C54H105N11O52P8/c1-62(114-33-67)40(51(78,118(82,83)84)119(85,86)87)29-110-47(74)56-16-8-5-13-37(44(71)55-19-22-107-24-26-109-28-27-108-25-23-106-21-12-11-20-66)59-45(72)38(14-6-9-17-57-48(75)111-30-41(63(2)115-34-68)52(79,120(88,89)90)121(91,92)93)60-46(73)39(61-50(77)113-32-43(65(4)117-36-70)54(81,124(100,101)102)125(103,104)105)15-7-10-18-58-49(76)112-31-42(64(3)116-35-69)53(80,122(94,95)96)123(97,98)99/h20,33-43,78-81H,5-19,21-32H2,1-4H3,(H,55,71)(H,56,74)(H,57,75)(H,58,76)(H,59,72)(H,60,73)(H,61,77)(H2,82,83,84)(H2,85,86,87)(H2,88,89,90)(H2,91,92,93)(H2,94,95,96)(H2,97,98,99)(H2,100,101,102)(H2,103,104,105). The topological polar surface area (TPSA) is 954 Å². The van der Waals surface area contributed by atoms with E-state index in [1.807, 2.05) is 10.6 Å². The van der Waals surface area contributed by atoms with Gasteiger partial charge in [0.1, 0.15) is 75.0 Å². The Morgan fingerprint density at radius 2 is 0.536 bits per heavy atom. The maximum absolute atomic E-state index is 14.8. The van der Waals surface area contributed by atoms with Crippen LogP contribution in [0.25, 0.3) is 0 Å². The molecule has 0 aliphatic rings. The summed E-state index contributed by atoms with van der Waals surface area (Å²) in [6.45, 7) is -9.83. The molecule has 71 heteroatoms. The second-order valence-electron chi connectivity index (χ2n) is 25.7. The molecule has 0 rings (SSSR count). The van der Waals surface area contributed by atoms with Crippen LogP contribution in [0.15, 0.2) is 0 Å². The van der Waals surface area contributed by atoms with Crippen LogP contribution in [0.2, 0.25) is 0 Å². The lowest BCUT2D eigenvalue weighted by molar-refractivity contribution is -0.192. The molecule has 7 atom stereocenters. The number of carbonyl (C=O) groups excluding carboxylic acids is 12. The van der Waals surface area contributed by atoms with Crippen molar-refractivity contribution in [3.8, 4) is 0 Å². The number of hydrogen-bond donors (Lipinski definition) is 27. The van der Waals surface area contributed by atoms with Crippen LogP contribution < -0.4 is 37.2 Å². The minimum atomic E-state index is -6.57. The maximum atomic E-state index is 14.8. The summed E-state index contributed by atoms with van der Waals surface area (Å²) >= 11 is 0. The number of aliphatic hydroxyl groups is 4. The quantitative estimate of drug-likeness (QED) is 0.00884. The number of unbranched alkanes of at least 4 members (excludes halogenated alkanes) is 4. The summed E-state index contributed by atoms with van der Waals surface area (Å²) in [7, 11) is -49.0. The predicted molar refractivity (Wildman–Crippen MR) is 404 cm³/mol. The Hall–Kier alpha value is -6.24. The van der Waals surface area contributed by atoms with Gasteiger partial charge in [0.05, 0.1) is 46.2 Å². The molecule has 125 heavy (non-hydrogen) atoms. The Kier molecular flexibility index (Phi) is 52.3. The van der Waals surface area contributed by atoms with Crippen molar-refractivity contribution in [3.05, 3.63) is 0 Å². The van der Waals surface area contributed by atoms with E-state index >= 15 is 0 Å². The third-order valence-electron chi connectivity index (χ3n) is 17.0. The van der Waals surface area contributed by atoms with Gasteiger partial charge in [-0.15, -0.1) is 20.3 Å².